The van der Waals surface area contributed by atoms with Crippen molar-refractivity contribution < 1.29 is 9.18 Å². The summed E-state index contributed by atoms with van der Waals surface area (Å²) in [4.78, 5) is 13.7. The highest BCUT2D eigenvalue weighted by atomic mass is 19.1. The topological polar surface area (TPSA) is 30.0 Å². The first-order chi connectivity index (χ1) is 5.83. The molecule has 0 atom stereocenters. The van der Waals surface area contributed by atoms with E-state index in [9.17, 15) is 9.18 Å². The standard InChI is InChI=1S/C9H8FNO/c10-8-4-5-9(11-7-8)3-1-2-6-12/h1,3-7H,2H2. The van der Waals surface area contributed by atoms with Gasteiger partial charge in [-0.1, -0.05) is 6.08 Å². The Kier molecular flexibility index (Phi) is 3.14. The van der Waals surface area contributed by atoms with E-state index >= 15 is 0 Å². The third-order valence-corrected chi connectivity index (χ3v) is 1.27. The highest BCUT2D eigenvalue weighted by molar-refractivity contribution is 5.56. The highest BCUT2D eigenvalue weighted by Crippen LogP contribution is 2.00. The molecule has 1 aromatic rings. The van der Waals surface area contributed by atoms with Crippen LogP contribution < -0.4 is 0 Å². The number of rotatable bonds is 3. The first-order valence-electron chi connectivity index (χ1n) is 3.54. The Morgan fingerprint density at radius 3 is 2.92 bits per heavy atom. The maximum Gasteiger partial charge on any atom is 0.141 e. The maximum absolute atomic E-state index is 12.3. The minimum atomic E-state index is -0.359. The van der Waals surface area contributed by atoms with Crippen molar-refractivity contribution in [1.29, 1.82) is 0 Å². The smallest absolute Gasteiger partial charge is 0.141 e. The number of aldehydes is 1. The van der Waals surface area contributed by atoms with E-state index in [1.807, 2.05) is 0 Å². The number of hydrogen-bond acceptors (Lipinski definition) is 2. The van der Waals surface area contributed by atoms with Crippen molar-refractivity contribution in [3.63, 3.8) is 0 Å². The molecule has 0 aliphatic heterocycles. The minimum Gasteiger partial charge on any atom is -0.303 e. The predicted molar refractivity (Wildman–Crippen MR) is 43.9 cm³/mol. The number of carbonyl (C=O) groups excluding carboxylic acids is 1. The maximum atomic E-state index is 12.3. The molecule has 0 unspecified atom stereocenters. The zero-order chi connectivity index (χ0) is 8.81. The van der Waals surface area contributed by atoms with Crippen molar-refractivity contribution in [2.75, 3.05) is 0 Å². The van der Waals surface area contributed by atoms with Crippen LogP contribution in [0.5, 0.6) is 0 Å². The second kappa shape index (κ2) is 4.38. The van der Waals surface area contributed by atoms with Gasteiger partial charge in [-0.15, -0.1) is 0 Å². The Morgan fingerprint density at radius 1 is 1.50 bits per heavy atom. The van der Waals surface area contributed by atoms with Crippen molar-refractivity contribution in [3.05, 3.63) is 35.9 Å². The lowest BCUT2D eigenvalue weighted by Gasteiger charge is -1.90. The summed E-state index contributed by atoms with van der Waals surface area (Å²) in [6.45, 7) is 0. The molecule has 0 spiro atoms. The van der Waals surface area contributed by atoms with E-state index in [1.54, 1.807) is 18.2 Å². The summed E-state index contributed by atoms with van der Waals surface area (Å²) in [6.07, 6.45) is 5.64. The van der Waals surface area contributed by atoms with Gasteiger partial charge in [-0.25, -0.2) is 4.39 Å². The lowest BCUT2D eigenvalue weighted by atomic mass is 10.3. The number of allylic oxidation sites excluding steroid dienone is 1. The molecule has 3 heteroatoms. The Bertz CT molecular complexity index is 279. The van der Waals surface area contributed by atoms with Crippen molar-refractivity contribution in [3.8, 4) is 0 Å². The lowest BCUT2D eigenvalue weighted by molar-refractivity contribution is -0.107. The molecule has 0 aliphatic carbocycles. The number of carbonyl (C=O) groups is 1. The summed E-state index contributed by atoms with van der Waals surface area (Å²) in [5.41, 5.74) is 0.651. The quantitative estimate of drug-likeness (QED) is 0.639. The molecule has 0 aromatic carbocycles. The van der Waals surface area contributed by atoms with E-state index < -0.39 is 0 Å². The molecule has 0 fully saturated rings. The lowest BCUT2D eigenvalue weighted by Crippen LogP contribution is -1.81. The van der Waals surface area contributed by atoms with Crippen molar-refractivity contribution in [2.45, 2.75) is 6.42 Å². The molecule has 12 heavy (non-hydrogen) atoms. The number of pyridine rings is 1. The number of hydrogen-bond donors (Lipinski definition) is 0. The second-order valence-electron chi connectivity index (χ2n) is 2.21. The SMILES string of the molecule is O=CCC=Cc1ccc(F)cn1. The zero-order valence-corrected chi connectivity index (χ0v) is 6.40. The van der Waals surface area contributed by atoms with Crippen LogP contribution in [0.2, 0.25) is 0 Å². The summed E-state index contributed by atoms with van der Waals surface area (Å²) < 4.78 is 12.3. The minimum absolute atomic E-state index is 0.359. The summed E-state index contributed by atoms with van der Waals surface area (Å²) >= 11 is 0. The van der Waals surface area contributed by atoms with Gasteiger partial charge in [-0.05, 0) is 18.2 Å². The van der Waals surface area contributed by atoms with E-state index in [2.05, 4.69) is 4.98 Å². The van der Waals surface area contributed by atoms with Gasteiger partial charge < -0.3 is 4.79 Å². The molecule has 0 saturated carbocycles. The fraction of sp³-hybridized carbons (Fsp3) is 0.111. The van der Waals surface area contributed by atoms with Crippen molar-refractivity contribution >= 4 is 12.4 Å². The molecule has 0 bridgehead atoms. The number of aromatic nitrogens is 1. The normalized spacial score (nSPS) is 10.4. The molecule has 1 rings (SSSR count). The van der Waals surface area contributed by atoms with Gasteiger partial charge in [-0.2, -0.15) is 0 Å². The van der Waals surface area contributed by atoms with Gasteiger partial charge in [0.25, 0.3) is 0 Å². The third-order valence-electron chi connectivity index (χ3n) is 1.27. The van der Waals surface area contributed by atoms with Crippen LogP contribution in [-0.2, 0) is 4.79 Å². The molecule has 2 nitrogen and oxygen atoms in total. The zero-order valence-electron chi connectivity index (χ0n) is 6.40. The van der Waals surface area contributed by atoms with Gasteiger partial charge in [0, 0.05) is 6.42 Å². The monoisotopic (exact) mass is 165 g/mol. The van der Waals surface area contributed by atoms with Crippen LogP contribution in [0, 0.1) is 5.82 Å². The molecule has 1 heterocycles. The molecule has 0 amide bonds. The summed E-state index contributed by atoms with van der Waals surface area (Å²) in [6, 6.07) is 2.88. The Balaban J connectivity index is 2.64. The van der Waals surface area contributed by atoms with Gasteiger partial charge in [-0.3, -0.25) is 4.98 Å². The second-order valence-corrected chi connectivity index (χ2v) is 2.21. The summed E-state index contributed by atoms with van der Waals surface area (Å²) in [7, 11) is 0. The summed E-state index contributed by atoms with van der Waals surface area (Å²) in [5, 5.41) is 0. The average molecular weight is 165 g/mol. The first kappa shape index (κ1) is 8.59. The van der Waals surface area contributed by atoms with E-state index in [-0.39, 0.29) is 5.82 Å². The van der Waals surface area contributed by atoms with Crippen LogP contribution in [0.1, 0.15) is 12.1 Å². The average Bonchev–Trinajstić information content (AvgIpc) is 2.09. The van der Waals surface area contributed by atoms with Crippen molar-refractivity contribution in [2.24, 2.45) is 0 Å². The van der Waals surface area contributed by atoms with E-state index in [0.29, 0.717) is 12.1 Å². The third kappa shape index (κ3) is 2.62. The molecular weight excluding hydrogens is 157 g/mol. The molecule has 0 aliphatic rings. The predicted octanol–water partition coefficient (Wildman–Crippen LogP) is 1.82. The fourth-order valence-corrected chi connectivity index (χ4v) is 0.730. The highest BCUT2D eigenvalue weighted by Gasteiger charge is 1.88. The van der Waals surface area contributed by atoms with Crippen LogP contribution in [0.4, 0.5) is 4.39 Å². The molecule has 0 N–H and O–H groups in total. The molecule has 0 radical (unpaired) electrons. The number of nitrogens with zero attached hydrogens (tertiary/aromatic N) is 1. The molecule has 62 valence electrons. The van der Waals surface area contributed by atoms with Gasteiger partial charge in [0.15, 0.2) is 0 Å². The Hall–Kier alpha value is -1.51. The largest absolute Gasteiger partial charge is 0.303 e. The molecular formula is C9H8FNO. The van der Waals surface area contributed by atoms with Gasteiger partial charge in [0.2, 0.25) is 0 Å². The van der Waals surface area contributed by atoms with Crippen LogP contribution in [0.15, 0.2) is 24.4 Å². The molecule has 1 aromatic heterocycles. The van der Waals surface area contributed by atoms with Gasteiger partial charge in [0.1, 0.15) is 12.1 Å². The van der Waals surface area contributed by atoms with Crippen LogP contribution in [0.3, 0.4) is 0 Å². The van der Waals surface area contributed by atoms with E-state index in [0.717, 1.165) is 12.5 Å². The Labute approximate surface area is 69.7 Å². The van der Waals surface area contributed by atoms with E-state index in [4.69, 9.17) is 0 Å². The number of halogens is 1. The molecule has 0 saturated heterocycles. The summed E-state index contributed by atoms with van der Waals surface area (Å²) in [5.74, 6) is -0.359. The van der Waals surface area contributed by atoms with Gasteiger partial charge in [0.05, 0.1) is 11.9 Å². The van der Waals surface area contributed by atoms with Gasteiger partial charge >= 0.3 is 0 Å². The van der Waals surface area contributed by atoms with E-state index in [1.165, 1.54) is 6.07 Å². The Morgan fingerprint density at radius 2 is 2.33 bits per heavy atom. The first-order valence-corrected chi connectivity index (χ1v) is 3.54. The van der Waals surface area contributed by atoms with Crippen molar-refractivity contribution in [1.82, 2.24) is 4.98 Å². The van der Waals surface area contributed by atoms with Crippen LogP contribution in [0.25, 0.3) is 6.08 Å². The van der Waals surface area contributed by atoms with Crippen LogP contribution >= 0.6 is 0 Å². The van der Waals surface area contributed by atoms with Crippen LogP contribution in [-0.4, -0.2) is 11.3 Å². The fourth-order valence-electron chi connectivity index (χ4n) is 0.730.